The molecule has 2 rings (SSSR count). The van der Waals surface area contributed by atoms with E-state index in [1.807, 2.05) is 17.7 Å². The van der Waals surface area contributed by atoms with Gasteiger partial charge in [-0.3, -0.25) is 5.41 Å². The molecule has 0 atom stereocenters. The van der Waals surface area contributed by atoms with E-state index in [0.29, 0.717) is 5.56 Å². The summed E-state index contributed by atoms with van der Waals surface area (Å²) in [5.74, 6) is 0.0555. The van der Waals surface area contributed by atoms with E-state index >= 15 is 0 Å². The van der Waals surface area contributed by atoms with Gasteiger partial charge in [0.1, 0.15) is 5.84 Å². The highest BCUT2D eigenvalue weighted by Crippen LogP contribution is 2.21. The lowest BCUT2D eigenvalue weighted by atomic mass is 10.1. The zero-order valence-electron chi connectivity index (χ0n) is 10.3. The summed E-state index contributed by atoms with van der Waals surface area (Å²) >= 11 is 0. The van der Waals surface area contributed by atoms with Gasteiger partial charge in [0.25, 0.3) is 0 Å². The molecule has 0 amide bonds. The van der Waals surface area contributed by atoms with Crippen molar-refractivity contribution >= 4 is 5.84 Å². The topological polar surface area (TPSA) is 67.7 Å². The van der Waals surface area contributed by atoms with E-state index in [-0.39, 0.29) is 5.84 Å². The number of nitrogens with zero attached hydrogens (tertiary/aromatic N) is 2. The molecule has 0 aliphatic carbocycles. The molecular weight excluding hydrogens is 212 g/mol. The Morgan fingerprint density at radius 1 is 1.24 bits per heavy atom. The Kier molecular flexibility index (Phi) is 2.71. The molecule has 88 valence electrons. The second-order valence-corrected chi connectivity index (χ2v) is 4.21. The first-order valence-electron chi connectivity index (χ1n) is 5.48. The van der Waals surface area contributed by atoms with Crippen molar-refractivity contribution < 1.29 is 0 Å². The predicted molar refractivity (Wildman–Crippen MR) is 68.8 cm³/mol. The van der Waals surface area contributed by atoms with Gasteiger partial charge < -0.3 is 5.73 Å². The van der Waals surface area contributed by atoms with Crippen molar-refractivity contribution in [2.75, 3.05) is 0 Å². The van der Waals surface area contributed by atoms with Gasteiger partial charge in [0.05, 0.1) is 23.1 Å². The number of amidine groups is 1. The largest absolute Gasteiger partial charge is 0.384 e. The summed E-state index contributed by atoms with van der Waals surface area (Å²) in [5.41, 5.74) is 10.5. The lowest BCUT2D eigenvalue weighted by Crippen LogP contribution is -2.12. The molecule has 0 unspecified atom stereocenters. The van der Waals surface area contributed by atoms with Gasteiger partial charge in [0.2, 0.25) is 0 Å². The Labute approximate surface area is 101 Å². The third-order valence-electron chi connectivity index (χ3n) is 2.95. The van der Waals surface area contributed by atoms with Gasteiger partial charge in [0.15, 0.2) is 0 Å². The summed E-state index contributed by atoms with van der Waals surface area (Å²) in [5, 5.41) is 11.8. The Bertz CT molecular complexity index is 561. The fourth-order valence-corrected chi connectivity index (χ4v) is 2.04. The van der Waals surface area contributed by atoms with Crippen LogP contribution in [0.5, 0.6) is 0 Å². The first kappa shape index (κ1) is 11.4. The number of para-hydroxylation sites is 1. The minimum absolute atomic E-state index is 0.0555. The second kappa shape index (κ2) is 4.05. The van der Waals surface area contributed by atoms with Gasteiger partial charge in [-0.25, -0.2) is 4.68 Å². The van der Waals surface area contributed by atoms with E-state index in [0.717, 1.165) is 22.5 Å². The molecule has 1 aromatic heterocycles. The van der Waals surface area contributed by atoms with E-state index in [9.17, 15) is 0 Å². The van der Waals surface area contributed by atoms with Crippen LogP contribution < -0.4 is 5.73 Å². The van der Waals surface area contributed by atoms with Crippen LogP contribution in [0.2, 0.25) is 0 Å². The van der Waals surface area contributed by atoms with Gasteiger partial charge in [-0.1, -0.05) is 18.2 Å². The fraction of sp³-hybridized carbons (Fsp3) is 0.231. The summed E-state index contributed by atoms with van der Waals surface area (Å²) in [7, 11) is 0. The molecule has 0 aliphatic rings. The minimum Gasteiger partial charge on any atom is -0.384 e. The Balaban J connectivity index is 2.66. The SMILES string of the molecule is Cc1cccc(C)c1-n1ncc(C(=N)N)c1C. The zero-order valence-corrected chi connectivity index (χ0v) is 10.3. The molecule has 4 heteroatoms. The molecule has 4 nitrogen and oxygen atoms in total. The van der Waals surface area contributed by atoms with Crippen molar-refractivity contribution in [1.29, 1.82) is 5.41 Å². The molecule has 2 aromatic rings. The number of nitrogen functional groups attached to an aromatic ring is 1. The van der Waals surface area contributed by atoms with Crippen LogP contribution in [0, 0.1) is 26.2 Å². The van der Waals surface area contributed by atoms with Crippen molar-refractivity contribution in [3.63, 3.8) is 0 Å². The minimum atomic E-state index is 0.0555. The molecule has 0 saturated carbocycles. The van der Waals surface area contributed by atoms with Crippen LogP contribution in [-0.4, -0.2) is 15.6 Å². The molecule has 0 saturated heterocycles. The number of nitrogens with two attached hydrogens (primary N) is 1. The molecule has 0 spiro atoms. The molecule has 0 fully saturated rings. The van der Waals surface area contributed by atoms with E-state index in [1.165, 1.54) is 0 Å². The third kappa shape index (κ3) is 1.82. The van der Waals surface area contributed by atoms with Crippen molar-refractivity contribution in [2.45, 2.75) is 20.8 Å². The van der Waals surface area contributed by atoms with Gasteiger partial charge in [-0.2, -0.15) is 5.10 Å². The van der Waals surface area contributed by atoms with Gasteiger partial charge in [0, 0.05) is 0 Å². The van der Waals surface area contributed by atoms with E-state index in [1.54, 1.807) is 6.20 Å². The second-order valence-electron chi connectivity index (χ2n) is 4.21. The number of hydrogen-bond acceptors (Lipinski definition) is 2. The smallest absolute Gasteiger partial charge is 0.126 e. The molecule has 17 heavy (non-hydrogen) atoms. The molecule has 1 aromatic carbocycles. The molecule has 0 radical (unpaired) electrons. The normalized spacial score (nSPS) is 10.5. The van der Waals surface area contributed by atoms with Crippen LogP contribution >= 0.6 is 0 Å². The molecule has 1 heterocycles. The van der Waals surface area contributed by atoms with E-state index < -0.39 is 0 Å². The highest BCUT2D eigenvalue weighted by atomic mass is 15.3. The van der Waals surface area contributed by atoms with Crippen molar-refractivity contribution in [2.24, 2.45) is 5.73 Å². The molecule has 3 N–H and O–H groups in total. The summed E-state index contributed by atoms with van der Waals surface area (Å²) in [6.07, 6.45) is 1.64. The standard InChI is InChI=1S/C13H16N4/c1-8-5-4-6-9(2)12(8)17-10(3)11(7-16-17)13(14)15/h4-7H,1-3H3,(H3,14,15). The number of hydrogen-bond donors (Lipinski definition) is 2. The zero-order chi connectivity index (χ0) is 12.6. The Morgan fingerprint density at radius 2 is 1.82 bits per heavy atom. The fourth-order valence-electron chi connectivity index (χ4n) is 2.04. The summed E-state index contributed by atoms with van der Waals surface area (Å²) in [4.78, 5) is 0. The quantitative estimate of drug-likeness (QED) is 0.610. The van der Waals surface area contributed by atoms with Gasteiger partial charge in [-0.15, -0.1) is 0 Å². The summed E-state index contributed by atoms with van der Waals surface area (Å²) in [6, 6.07) is 6.13. The first-order chi connectivity index (χ1) is 8.02. The van der Waals surface area contributed by atoms with Crippen LogP contribution in [0.1, 0.15) is 22.4 Å². The Hall–Kier alpha value is -2.10. The van der Waals surface area contributed by atoms with Crippen molar-refractivity contribution in [1.82, 2.24) is 9.78 Å². The molecule has 0 aliphatic heterocycles. The number of benzene rings is 1. The number of aryl methyl sites for hydroxylation is 2. The number of rotatable bonds is 2. The van der Waals surface area contributed by atoms with Gasteiger partial charge in [-0.05, 0) is 31.9 Å². The first-order valence-corrected chi connectivity index (χ1v) is 5.48. The highest BCUT2D eigenvalue weighted by molar-refractivity contribution is 5.95. The Morgan fingerprint density at radius 3 is 2.29 bits per heavy atom. The average molecular weight is 228 g/mol. The summed E-state index contributed by atoms with van der Waals surface area (Å²) < 4.78 is 1.85. The lowest BCUT2D eigenvalue weighted by molar-refractivity contribution is 0.833. The number of nitrogens with one attached hydrogen (secondary N) is 1. The monoisotopic (exact) mass is 228 g/mol. The number of aromatic nitrogens is 2. The molecular formula is C13H16N4. The maximum Gasteiger partial charge on any atom is 0.126 e. The van der Waals surface area contributed by atoms with Crippen LogP contribution in [0.15, 0.2) is 24.4 Å². The van der Waals surface area contributed by atoms with Crippen molar-refractivity contribution in [3.8, 4) is 5.69 Å². The highest BCUT2D eigenvalue weighted by Gasteiger charge is 2.13. The average Bonchev–Trinajstić information content (AvgIpc) is 2.61. The van der Waals surface area contributed by atoms with Crippen LogP contribution in [0.25, 0.3) is 5.69 Å². The summed E-state index contributed by atoms with van der Waals surface area (Å²) in [6.45, 7) is 6.03. The van der Waals surface area contributed by atoms with Crippen LogP contribution in [-0.2, 0) is 0 Å². The van der Waals surface area contributed by atoms with Crippen LogP contribution in [0.4, 0.5) is 0 Å². The maximum atomic E-state index is 7.48. The van der Waals surface area contributed by atoms with Gasteiger partial charge >= 0.3 is 0 Å². The van der Waals surface area contributed by atoms with E-state index in [4.69, 9.17) is 11.1 Å². The van der Waals surface area contributed by atoms with E-state index in [2.05, 4.69) is 31.1 Å². The molecule has 0 bridgehead atoms. The van der Waals surface area contributed by atoms with Crippen LogP contribution in [0.3, 0.4) is 0 Å². The third-order valence-corrected chi connectivity index (χ3v) is 2.95. The van der Waals surface area contributed by atoms with Crippen molar-refractivity contribution in [3.05, 3.63) is 46.8 Å². The predicted octanol–water partition coefficient (Wildman–Crippen LogP) is 2.08. The lowest BCUT2D eigenvalue weighted by Gasteiger charge is -2.11. The maximum absolute atomic E-state index is 7.48.